The van der Waals surface area contributed by atoms with Gasteiger partial charge in [0.15, 0.2) is 0 Å². The predicted molar refractivity (Wildman–Crippen MR) is 173 cm³/mol. The van der Waals surface area contributed by atoms with Crippen LogP contribution in [0, 0.1) is 6.92 Å². The van der Waals surface area contributed by atoms with E-state index in [0.717, 1.165) is 59.2 Å². The topological polar surface area (TPSA) is 126 Å². The SMILES string of the molecule is Cc1cc(CC(NC(=O)N2CCC3(CC2=O)N=CNc2ccccc23)C(=O)N2CCC(N3CCCCC3)CC2)cc2cn[nH]c12. The molecule has 4 aliphatic heterocycles. The number of rotatable bonds is 5. The number of imide groups is 1. The van der Waals surface area contributed by atoms with Crippen molar-refractivity contribution in [2.24, 2.45) is 4.99 Å². The number of amides is 4. The summed E-state index contributed by atoms with van der Waals surface area (Å²) < 4.78 is 0. The number of nitrogens with zero attached hydrogens (tertiary/aromatic N) is 5. The number of urea groups is 1. The average Bonchev–Trinajstić information content (AvgIpc) is 3.54. The molecule has 2 atom stereocenters. The van der Waals surface area contributed by atoms with Crippen LogP contribution in [-0.4, -0.2) is 93.9 Å². The van der Waals surface area contributed by atoms with Gasteiger partial charge in [0.25, 0.3) is 0 Å². The maximum Gasteiger partial charge on any atom is 0.324 e. The van der Waals surface area contributed by atoms with Crippen LogP contribution in [0.2, 0.25) is 0 Å². The van der Waals surface area contributed by atoms with E-state index in [9.17, 15) is 14.4 Å². The van der Waals surface area contributed by atoms with Gasteiger partial charge in [0, 0.05) is 48.7 Å². The van der Waals surface area contributed by atoms with E-state index < -0.39 is 17.6 Å². The first-order chi connectivity index (χ1) is 21.9. The number of H-pyrrole nitrogens is 1. The molecule has 4 amide bonds. The van der Waals surface area contributed by atoms with Gasteiger partial charge in [0.1, 0.15) is 6.04 Å². The molecular weight excluding hydrogens is 568 g/mol. The van der Waals surface area contributed by atoms with Gasteiger partial charge in [-0.05, 0) is 75.4 Å². The van der Waals surface area contributed by atoms with Gasteiger partial charge in [0.05, 0.1) is 30.0 Å². The summed E-state index contributed by atoms with van der Waals surface area (Å²) in [6.45, 7) is 5.86. The van der Waals surface area contributed by atoms with Crippen LogP contribution < -0.4 is 10.6 Å². The van der Waals surface area contributed by atoms with Crippen molar-refractivity contribution in [2.45, 2.75) is 75.9 Å². The van der Waals surface area contributed by atoms with Crippen LogP contribution in [-0.2, 0) is 21.5 Å². The van der Waals surface area contributed by atoms with Gasteiger partial charge in [-0.1, -0.05) is 30.7 Å². The van der Waals surface area contributed by atoms with E-state index in [0.29, 0.717) is 32.0 Å². The smallest absolute Gasteiger partial charge is 0.324 e. The van der Waals surface area contributed by atoms with Crippen molar-refractivity contribution in [3.8, 4) is 0 Å². The zero-order chi connectivity index (χ0) is 31.0. The fourth-order valence-corrected chi connectivity index (χ4v) is 7.77. The number of anilines is 1. The number of nitrogens with one attached hydrogen (secondary N) is 3. The van der Waals surface area contributed by atoms with E-state index >= 15 is 0 Å². The molecule has 1 aromatic heterocycles. The molecule has 11 nitrogen and oxygen atoms in total. The molecule has 3 fully saturated rings. The van der Waals surface area contributed by atoms with Crippen LogP contribution in [0.3, 0.4) is 0 Å². The molecule has 236 valence electrons. The van der Waals surface area contributed by atoms with Crippen LogP contribution in [0.5, 0.6) is 0 Å². The van der Waals surface area contributed by atoms with Gasteiger partial charge < -0.3 is 20.4 Å². The van der Waals surface area contributed by atoms with Gasteiger partial charge in [-0.15, -0.1) is 0 Å². The molecular formula is C34H42N8O3. The summed E-state index contributed by atoms with van der Waals surface area (Å²) in [5.41, 5.74) is 4.12. The summed E-state index contributed by atoms with van der Waals surface area (Å²) >= 11 is 0. The Balaban J connectivity index is 1.07. The Morgan fingerprint density at radius 1 is 1.07 bits per heavy atom. The molecule has 45 heavy (non-hydrogen) atoms. The molecule has 7 rings (SSSR count). The number of fused-ring (bicyclic) bond motifs is 3. The Morgan fingerprint density at radius 2 is 1.87 bits per heavy atom. The second kappa shape index (κ2) is 12.3. The molecule has 0 saturated carbocycles. The van der Waals surface area contributed by atoms with E-state index in [4.69, 9.17) is 4.99 Å². The van der Waals surface area contributed by atoms with Gasteiger partial charge in [0.2, 0.25) is 11.8 Å². The summed E-state index contributed by atoms with van der Waals surface area (Å²) in [4.78, 5) is 51.9. The number of likely N-dealkylation sites (tertiary alicyclic amines) is 3. The number of benzene rings is 2. The lowest BCUT2D eigenvalue weighted by Crippen LogP contribution is -2.58. The fraction of sp³-hybridized carbons (Fsp3) is 0.500. The molecule has 11 heteroatoms. The largest absolute Gasteiger partial charge is 0.346 e. The number of aromatic amines is 1. The van der Waals surface area contributed by atoms with Gasteiger partial charge in [-0.3, -0.25) is 24.6 Å². The molecule has 3 N–H and O–H groups in total. The summed E-state index contributed by atoms with van der Waals surface area (Å²) in [5.74, 6) is -0.389. The fourth-order valence-electron chi connectivity index (χ4n) is 7.77. The van der Waals surface area contributed by atoms with Gasteiger partial charge in [-0.25, -0.2) is 4.79 Å². The van der Waals surface area contributed by atoms with E-state index in [2.05, 4.69) is 25.7 Å². The molecule has 0 bridgehead atoms. The second-order valence-corrected chi connectivity index (χ2v) is 13.1. The number of aromatic nitrogens is 2. The van der Waals surface area contributed by atoms with Crippen LogP contribution in [0.4, 0.5) is 10.5 Å². The zero-order valence-electron chi connectivity index (χ0n) is 25.9. The Labute approximate surface area is 263 Å². The van der Waals surface area contributed by atoms with Crippen molar-refractivity contribution in [1.29, 1.82) is 0 Å². The van der Waals surface area contributed by atoms with Gasteiger partial charge >= 0.3 is 6.03 Å². The number of carbonyl (C=O) groups is 3. The second-order valence-electron chi connectivity index (χ2n) is 13.1. The van der Waals surface area contributed by atoms with Crippen molar-refractivity contribution in [2.75, 3.05) is 38.0 Å². The zero-order valence-corrected chi connectivity index (χ0v) is 25.9. The summed E-state index contributed by atoms with van der Waals surface area (Å²) in [6, 6.07) is 11.1. The molecule has 4 aliphatic rings. The molecule has 2 aromatic carbocycles. The minimum atomic E-state index is -0.797. The maximum absolute atomic E-state index is 14.1. The first-order valence-corrected chi connectivity index (χ1v) is 16.4. The van der Waals surface area contributed by atoms with Crippen LogP contribution in [0.25, 0.3) is 10.9 Å². The lowest BCUT2D eigenvalue weighted by Gasteiger charge is -2.42. The van der Waals surface area contributed by atoms with Crippen LogP contribution in [0.1, 0.15) is 61.6 Å². The molecule has 2 unspecified atom stereocenters. The highest BCUT2D eigenvalue weighted by Gasteiger charge is 2.45. The number of para-hydroxylation sites is 1. The van der Waals surface area contributed by atoms with Crippen molar-refractivity contribution >= 4 is 40.8 Å². The lowest BCUT2D eigenvalue weighted by atomic mass is 9.79. The van der Waals surface area contributed by atoms with Crippen molar-refractivity contribution < 1.29 is 14.4 Å². The molecule has 1 spiro atoms. The number of carbonyl (C=O) groups excluding carboxylic acids is 3. The number of piperidine rings is 3. The third-order valence-corrected chi connectivity index (χ3v) is 10.2. The highest BCUT2D eigenvalue weighted by atomic mass is 16.2. The Morgan fingerprint density at radius 3 is 2.67 bits per heavy atom. The van der Waals surface area contributed by atoms with Crippen molar-refractivity contribution in [3.05, 3.63) is 59.3 Å². The minimum absolute atomic E-state index is 0.0919. The number of hydrogen-bond acceptors (Lipinski definition) is 7. The van der Waals surface area contributed by atoms with E-state index in [-0.39, 0.29) is 24.8 Å². The highest BCUT2D eigenvalue weighted by molar-refractivity contribution is 5.98. The summed E-state index contributed by atoms with van der Waals surface area (Å²) in [5, 5.41) is 14.3. The number of hydrogen-bond donors (Lipinski definition) is 3. The lowest BCUT2D eigenvalue weighted by molar-refractivity contribution is -0.136. The van der Waals surface area contributed by atoms with Crippen molar-refractivity contribution in [1.82, 2.24) is 30.2 Å². The van der Waals surface area contributed by atoms with Crippen LogP contribution >= 0.6 is 0 Å². The minimum Gasteiger partial charge on any atom is -0.346 e. The predicted octanol–water partition coefficient (Wildman–Crippen LogP) is 3.94. The van der Waals surface area contributed by atoms with E-state index in [1.807, 2.05) is 48.2 Å². The van der Waals surface area contributed by atoms with E-state index in [1.54, 1.807) is 12.5 Å². The van der Waals surface area contributed by atoms with Crippen molar-refractivity contribution in [3.63, 3.8) is 0 Å². The molecule has 5 heterocycles. The first-order valence-electron chi connectivity index (χ1n) is 16.4. The molecule has 3 aromatic rings. The third kappa shape index (κ3) is 5.81. The normalized spacial score (nSPS) is 23.2. The summed E-state index contributed by atoms with van der Waals surface area (Å²) in [7, 11) is 0. The molecule has 3 saturated heterocycles. The third-order valence-electron chi connectivity index (χ3n) is 10.2. The Bertz CT molecular complexity index is 1620. The molecule has 0 aliphatic carbocycles. The Hall–Kier alpha value is -4.25. The number of aliphatic imine (C=N–C) groups is 1. The first kappa shape index (κ1) is 29.5. The van der Waals surface area contributed by atoms with Crippen LogP contribution in [0.15, 0.2) is 47.6 Å². The monoisotopic (exact) mass is 610 g/mol. The quantitative estimate of drug-likeness (QED) is 0.402. The van der Waals surface area contributed by atoms with Gasteiger partial charge in [-0.2, -0.15) is 5.10 Å². The average molecular weight is 611 g/mol. The Kier molecular flexibility index (Phi) is 8.03. The summed E-state index contributed by atoms with van der Waals surface area (Å²) in [6.07, 6.45) is 10.0. The van der Waals surface area contributed by atoms with E-state index in [1.165, 1.54) is 24.2 Å². The standard InChI is InChI=1S/C34H42N8O3/c1-23-17-24(18-25-21-37-39-31(23)25)19-29(32(44)41-14-9-26(10-15-41)40-12-5-2-6-13-40)38-33(45)42-16-11-34(20-30(42)43)27-7-3-4-8-28(27)35-22-36-34/h3-4,7-8,17-18,21-22,26,29H,2,5-6,9-16,19-20H2,1H3,(H,35,36)(H,37,39)(H,38,45). The highest BCUT2D eigenvalue weighted by Crippen LogP contribution is 2.42. The molecule has 0 radical (unpaired) electrons. The number of aryl methyl sites for hydroxylation is 1. The maximum atomic E-state index is 14.1.